The van der Waals surface area contributed by atoms with Gasteiger partial charge >= 0.3 is 0 Å². The predicted molar refractivity (Wildman–Crippen MR) is 133 cm³/mol. The van der Waals surface area contributed by atoms with Crippen LogP contribution in [0.15, 0.2) is 52.1 Å². The van der Waals surface area contributed by atoms with Gasteiger partial charge in [-0.2, -0.15) is 0 Å². The second-order valence-corrected chi connectivity index (χ2v) is 10.0. The highest BCUT2D eigenvalue weighted by atomic mass is 79.9. The van der Waals surface area contributed by atoms with Crippen molar-refractivity contribution in [1.29, 1.82) is 0 Å². The zero-order chi connectivity index (χ0) is 24.1. The van der Waals surface area contributed by atoms with Crippen molar-refractivity contribution in [2.24, 2.45) is 0 Å². The normalized spacial score (nSPS) is 12.3. The molecule has 1 atom stereocenters. The fourth-order valence-corrected chi connectivity index (χ4v) is 4.57. The number of carbonyl (C=O) groups excluding carboxylic acids is 1. The zero-order valence-electron chi connectivity index (χ0n) is 19.3. The molecule has 0 saturated carbocycles. The summed E-state index contributed by atoms with van der Waals surface area (Å²) < 4.78 is 21.8. The SMILES string of the molecule is CC(C)c1ccc(OC(C)c2nnc(SCC(=O)Nc3ccc(F)cc3Br)n2C(C)C)cc1. The Bertz CT molecular complexity index is 1100. The minimum absolute atomic E-state index is 0.0844. The summed E-state index contributed by atoms with van der Waals surface area (Å²) in [6.07, 6.45) is -0.317. The van der Waals surface area contributed by atoms with E-state index in [0.29, 0.717) is 27.1 Å². The standard InChI is InChI=1S/C24H28BrFN4O2S/c1-14(2)17-6-9-19(10-7-17)32-16(5)23-28-29-24(30(23)15(3)4)33-13-22(31)27-21-11-8-18(26)12-20(21)25/h6-12,14-16H,13H2,1-5H3,(H,27,31). The van der Waals surface area contributed by atoms with Crippen LogP contribution in [-0.2, 0) is 4.79 Å². The Morgan fingerprint density at radius 3 is 2.42 bits per heavy atom. The molecule has 0 fully saturated rings. The third kappa shape index (κ3) is 6.57. The summed E-state index contributed by atoms with van der Waals surface area (Å²) in [6, 6.07) is 12.3. The molecule has 0 aliphatic rings. The van der Waals surface area contributed by atoms with E-state index in [1.807, 2.05) is 37.5 Å². The molecular formula is C24H28BrFN4O2S. The van der Waals surface area contributed by atoms with Gasteiger partial charge in [-0.15, -0.1) is 10.2 Å². The molecular weight excluding hydrogens is 507 g/mol. The molecule has 0 spiro atoms. The number of nitrogens with zero attached hydrogens (tertiary/aromatic N) is 3. The molecule has 1 amide bonds. The van der Waals surface area contributed by atoms with E-state index in [1.165, 1.54) is 35.5 Å². The lowest BCUT2D eigenvalue weighted by atomic mass is 10.0. The van der Waals surface area contributed by atoms with Crippen LogP contribution >= 0.6 is 27.7 Å². The van der Waals surface area contributed by atoms with Crippen molar-refractivity contribution in [3.63, 3.8) is 0 Å². The number of halogens is 2. The molecule has 176 valence electrons. The summed E-state index contributed by atoms with van der Waals surface area (Å²) >= 11 is 4.55. The summed E-state index contributed by atoms with van der Waals surface area (Å²) in [5.74, 6) is 1.47. The van der Waals surface area contributed by atoms with Gasteiger partial charge < -0.3 is 14.6 Å². The lowest BCUT2D eigenvalue weighted by Gasteiger charge is -2.19. The lowest BCUT2D eigenvalue weighted by molar-refractivity contribution is -0.113. The van der Waals surface area contributed by atoms with Crippen molar-refractivity contribution >= 4 is 39.3 Å². The molecule has 33 heavy (non-hydrogen) atoms. The van der Waals surface area contributed by atoms with Crippen LogP contribution in [0.3, 0.4) is 0 Å². The number of rotatable bonds is 9. The number of ether oxygens (including phenoxy) is 1. The van der Waals surface area contributed by atoms with Gasteiger partial charge in [0, 0.05) is 10.5 Å². The van der Waals surface area contributed by atoms with Gasteiger partial charge in [-0.1, -0.05) is 37.7 Å². The Kier molecular flexibility index (Phi) is 8.53. The summed E-state index contributed by atoms with van der Waals surface area (Å²) in [6.45, 7) is 10.3. The number of amides is 1. The number of hydrogen-bond acceptors (Lipinski definition) is 5. The number of anilines is 1. The van der Waals surface area contributed by atoms with E-state index >= 15 is 0 Å². The Labute approximate surface area is 206 Å². The highest BCUT2D eigenvalue weighted by Gasteiger charge is 2.22. The smallest absolute Gasteiger partial charge is 0.234 e. The number of hydrogen-bond donors (Lipinski definition) is 1. The number of thioether (sulfide) groups is 1. The van der Waals surface area contributed by atoms with Crippen molar-refractivity contribution in [2.75, 3.05) is 11.1 Å². The first-order valence-electron chi connectivity index (χ1n) is 10.7. The van der Waals surface area contributed by atoms with Crippen molar-refractivity contribution in [1.82, 2.24) is 14.8 Å². The van der Waals surface area contributed by atoms with Gasteiger partial charge in [-0.3, -0.25) is 4.79 Å². The zero-order valence-corrected chi connectivity index (χ0v) is 21.7. The summed E-state index contributed by atoms with van der Waals surface area (Å²) in [4.78, 5) is 12.4. The molecule has 1 aromatic heterocycles. The van der Waals surface area contributed by atoms with Crippen molar-refractivity contribution in [2.45, 2.75) is 57.8 Å². The Balaban J connectivity index is 1.67. The Hall–Kier alpha value is -2.39. The molecule has 2 aromatic carbocycles. The molecule has 0 saturated heterocycles. The molecule has 0 radical (unpaired) electrons. The first-order chi connectivity index (χ1) is 15.7. The second-order valence-electron chi connectivity index (χ2n) is 8.25. The summed E-state index contributed by atoms with van der Waals surface area (Å²) in [5.41, 5.74) is 1.77. The Morgan fingerprint density at radius 1 is 1.12 bits per heavy atom. The molecule has 1 unspecified atom stereocenters. The quantitative estimate of drug-likeness (QED) is 0.307. The molecule has 0 aliphatic heterocycles. The van der Waals surface area contributed by atoms with Gasteiger partial charge in [0.05, 0.1) is 11.4 Å². The second kappa shape index (κ2) is 11.2. The van der Waals surface area contributed by atoms with E-state index in [2.05, 4.69) is 57.4 Å². The van der Waals surface area contributed by atoms with Gasteiger partial charge in [0.15, 0.2) is 17.1 Å². The van der Waals surface area contributed by atoms with Gasteiger partial charge in [0.25, 0.3) is 0 Å². The third-order valence-corrected chi connectivity index (χ3v) is 6.57. The van der Waals surface area contributed by atoms with Crippen LogP contribution in [0.25, 0.3) is 0 Å². The number of aromatic nitrogens is 3. The van der Waals surface area contributed by atoms with E-state index < -0.39 is 0 Å². The van der Waals surface area contributed by atoms with Crippen LogP contribution in [0.1, 0.15) is 64.1 Å². The van der Waals surface area contributed by atoms with Crippen molar-refractivity contribution < 1.29 is 13.9 Å². The predicted octanol–water partition coefficient (Wildman–Crippen LogP) is 6.75. The first kappa shape index (κ1) is 25.2. The van der Waals surface area contributed by atoms with E-state index in [1.54, 1.807) is 0 Å². The van der Waals surface area contributed by atoms with E-state index in [-0.39, 0.29) is 29.6 Å². The van der Waals surface area contributed by atoms with Crippen LogP contribution in [0.4, 0.5) is 10.1 Å². The van der Waals surface area contributed by atoms with E-state index in [9.17, 15) is 9.18 Å². The van der Waals surface area contributed by atoms with Crippen molar-refractivity contribution in [3.05, 3.63) is 64.1 Å². The highest BCUT2D eigenvalue weighted by molar-refractivity contribution is 9.10. The maximum absolute atomic E-state index is 13.3. The number of benzene rings is 2. The molecule has 3 rings (SSSR count). The average molecular weight is 535 g/mol. The Morgan fingerprint density at radius 2 is 1.82 bits per heavy atom. The number of carbonyl (C=O) groups is 1. The summed E-state index contributed by atoms with van der Waals surface area (Å²) in [7, 11) is 0. The minimum Gasteiger partial charge on any atom is -0.483 e. The van der Waals surface area contributed by atoms with Crippen LogP contribution in [0, 0.1) is 5.82 Å². The first-order valence-corrected chi connectivity index (χ1v) is 12.5. The van der Waals surface area contributed by atoms with Gasteiger partial charge in [-0.05, 0) is 78.5 Å². The minimum atomic E-state index is -0.376. The molecule has 0 aliphatic carbocycles. The molecule has 0 bridgehead atoms. The lowest BCUT2D eigenvalue weighted by Crippen LogP contribution is -2.17. The fraction of sp³-hybridized carbons (Fsp3) is 0.375. The maximum Gasteiger partial charge on any atom is 0.234 e. The molecule has 1 N–H and O–H groups in total. The van der Waals surface area contributed by atoms with Crippen LogP contribution in [0.5, 0.6) is 5.75 Å². The molecule has 3 aromatic rings. The maximum atomic E-state index is 13.3. The summed E-state index contributed by atoms with van der Waals surface area (Å²) in [5, 5.41) is 12.1. The van der Waals surface area contributed by atoms with Gasteiger partial charge in [-0.25, -0.2) is 4.39 Å². The molecule has 1 heterocycles. The van der Waals surface area contributed by atoms with Crippen LogP contribution < -0.4 is 10.1 Å². The van der Waals surface area contributed by atoms with Gasteiger partial charge in [0.1, 0.15) is 11.6 Å². The monoisotopic (exact) mass is 534 g/mol. The van der Waals surface area contributed by atoms with Crippen LogP contribution in [-0.4, -0.2) is 26.4 Å². The van der Waals surface area contributed by atoms with Crippen molar-refractivity contribution in [3.8, 4) is 5.75 Å². The molecule has 6 nitrogen and oxygen atoms in total. The molecule has 9 heteroatoms. The third-order valence-electron chi connectivity index (χ3n) is 4.97. The number of nitrogens with one attached hydrogen (secondary N) is 1. The van der Waals surface area contributed by atoms with Crippen LogP contribution in [0.2, 0.25) is 0 Å². The van der Waals surface area contributed by atoms with E-state index in [0.717, 1.165) is 5.75 Å². The highest BCUT2D eigenvalue weighted by Crippen LogP contribution is 2.29. The van der Waals surface area contributed by atoms with E-state index in [4.69, 9.17) is 4.74 Å². The average Bonchev–Trinajstić information content (AvgIpc) is 3.19. The topological polar surface area (TPSA) is 69.0 Å². The fourth-order valence-electron chi connectivity index (χ4n) is 3.24. The van der Waals surface area contributed by atoms with Gasteiger partial charge in [0.2, 0.25) is 5.91 Å². The largest absolute Gasteiger partial charge is 0.483 e.